The molecule has 224 valence electrons. The Morgan fingerprint density at radius 1 is 1.12 bits per heavy atom. The Bertz CT molecular complexity index is 1690. The molecule has 4 aromatic rings. The molecule has 0 spiro atoms. The number of alkyl halides is 5. The summed E-state index contributed by atoms with van der Waals surface area (Å²) in [6, 6.07) is 12.5. The highest BCUT2D eigenvalue weighted by Gasteiger charge is 2.44. The van der Waals surface area contributed by atoms with Crippen molar-refractivity contribution in [1.82, 2.24) is 14.8 Å². The Hall–Kier alpha value is -4.88. The van der Waals surface area contributed by atoms with Gasteiger partial charge in [-0.1, -0.05) is 6.07 Å². The van der Waals surface area contributed by atoms with E-state index < -0.39 is 36.3 Å². The third-order valence-electron chi connectivity index (χ3n) is 7.15. The highest BCUT2D eigenvalue weighted by molar-refractivity contribution is 5.87. The molecule has 2 atom stereocenters. The number of aromatic carboxylic acids is 1. The minimum Gasteiger partial charge on any atom is -0.484 e. The van der Waals surface area contributed by atoms with Crippen molar-refractivity contribution in [3.05, 3.63) is 88.9 Å². The third kappa shape index (κ3) is 5.64. The predicted octanol–water partition coefficient (Wildman–Crippen LogP) is 6.94. The van der Waals surface area contributed by atoms with E-state index in [4.69, 9.17) is 9.84 Å². The van der Waals surface area contributed by atoms with Crippen LogP contribution in [0.3, 0.4) is 0 Å². The smallest absolute Gasteiger partial charge is 0.484 e. The molecule has 0 saturated carbocycles. The zero-order valence-corrected chi connectivity index (χ0v) is 22.4. The molecule has 0 bridgehead atoms. The molecule has 2 aromatic carbocycles. The largest absolute Gasteiger partial charge is 0.586 e. The summed E-state index contributed by atoms with van der Waals surface area (Å²) in [5.74, 6) is -0.736. The maximum atomic E-state index is 14.1. The second-order valence-electron chi connectivity index (χ2n) is 10.1. The monoisotopic (exact) mass is 602 g/mol. The van der Waals surface area contributed by atoms with Crippen LogP contribution in [-0.2, 0) is 12.6 Å². The van der Waals surface area contributed by atoms with E-state index >= 15 is 0 Å². The number of carboxylic acid groups (broad SMARTS) is 1. The van der Waals surface area contributed by atoms with Crippen molar-refractivity contribution in [2.24, 2.45) is 0 Å². The van der Waals surface area contributed by atoms with E-state index in [1.165, 1.54) is 59.4 Å². The molecule has 6 rings (SSSR count). The number of aromatic nitrogens is 3. The lowest BCUT2D eigenvalue weighted by Gasteiger charge is -2.26. The van der Waals surface area contributed by atoms with E-state index in [-0.39, 0.29) is 34.7 Å². The van der Waals surface area contributed by atoms with Crippen LogP contribution in [0, 0.1) is 0 Å². The fraction of sp³-hybridized carbons (Fsp3) is 0.276. The van der Waals surface area contributed by atoms with Gasteiger partial charge in [0.15, 0.2) is 17.2 Å². The first-order valence-corrected chi connectivity index (χ1v) is 13.2. The maximum Gasteiger partial charge on any atom is 0.586 e. The van der Waals surface area contributed by atoms with Crippen molar-refractivity contribution in [1.29, 1.82) is 0 Å². The molecule has 1 aliphatic carbocycles. The van der Waals surface area contributed by atoms with Crippen LogP contribution in [0.2, 0.25) is 0 Å². The molecular formula is C29H23F5N4O5. The fourth-order valence-electron chi connectivity index (χ4n) is 5.19. The van der Waals surface area contributed by atoms with E-state index in [1.807, 2.05) is 0 Å². The zero-order chi connectivity index (χ0) is 30.5. The van der Waals surface area contributed by atoms with E-state index in [1.54, 1.807) is 13.0 Å². The number of carboxylic acids is 1. The first-order valence-electron chi connectivity index (χ1n) is 13.2. The normalized spacial score (nSPS) is 17.7. The topological polar surface area (TPSA) is 108 Å². The first-order chi connectivity index (χ1) is 20.4. The Kier molecular flexibility index (Phi) is 6.86. The van der Waals surface area contributed by atoms with Crippen LogP contribution >= 0.6 is 0 Å². The first kappa shape index (κ1) is 28.2. The number of benzene rings is 2. The van der Waals surface area contributed by atoms with Gasteiger partial charge in [0.2, 0.25) is 0 Å². The number of nitrogens with zero attached hydrogens (tertiary/aromatic N) is 3. The summed E-state index contributed by atoms with van der Waals surface area (Å²) < 4.78 is 85.4. The summed E-state index contributed by atoms with van der Waals surface area (Å²) in [7, 11) is 0. The van der Waals surface area contributed by atoms with Crippen molar-refractivity contribution in [3.63, 3.8) is 0 Å². The quantitative estimate of drug-likeness (QED) is 0.219. The molecular weight excluding hydrogens is 579 g/mol. The van der Waals surface area contributed by atoms with Gasteiger partial charge in [-0.2, -0.15) is 18.3 Å². The number of anilines is 1. The lowest BCUT2D eigenvalue weighted by molar-refractivity contribution is -0.286. The van der Waals surface area contributed by atoms with Crippen molar-refractivity contribution >= 4 is 11.8 Å². The number of hydrogen-bond donors (Lipinski definition) is 2. The molecule has 2 aromatic heterocycles. The summed E-state index contributed by atoms with van der Waals surface area (Å²) in [4.78, 5) is 15.5. The molecule has 0 radical (unpaired) electrons. The van der Waals surface area contributed by atoms with Gasteiger partial charge >= 0.3 is 18.4 Å². The zero-order valence-electron chi connectivity index (χ0n) is 22.4. The van der Waals surface area contributed by atoms with Crippen molar-refractivity contribution < 1.29 is 46.1 Å². The Balaban J connectivity index is 1.31. The number of fused-ring (bicyclic) bond motifs is 2. The molecule has 1 aliphatic heterocycles. The lowest BCUT2D eigenvalue weighted by Crippen LogP contribution is -2.25. The summed E-state index contributed by atoms with van der Waals surface area (Å²) in [5, 5.41) is 16.3. The van der Waals surface area contributed by atoms with E-state index in [9.17, 15) is 26.7 Å². The van der Waals surface area contributed by atoms with Crippen molar-refractivity contribution in [2.45, 2.75) is 50.8 Å². The van der Waals surface area contributed by atoms with Gasteiger partial charge in [-0.15, -0.1) is 8.78 Å². The molecule has 0 amide bonds. The fourth-order valence-corrected chi connectivity index (χ4v) is 5.19. The second kappa shape index (κ2) is 10.4. The Labute approximate surface area is 240 Å². The van der Waals surface area contributed by atoms with Gasteiger partial charge in [0.25, 0.3) is 0 Å². The number of ether oxygens (including phenoxy) is 3. The molecule has 2 aliphatic rings. The Morgan fingerprint density at radius 2 is 1.86 bits per heavy atom. The van der Waals surface area contributed by atoms with Gasteiger partial charge < -0.3 is 24.6 Å². The van der Waals surface area contributed by atoms with Crippen LogP contribution in [0.25, 0.3) is 5.69 Å². The van der Waals surface area contributed by atoms with Crippen LogP contribution in [0.1, 0.15) is 64.8 Å². The highest BCUT2D eigenvalue weighted by atomic mass is 19.4. The second-order valence-corrected chi connectivity index (χ2v) is 10.1. The third-order valence-corrected chi connectivity index (χ3v) is 7.15. The summed E-state index contributed by atoms with van der Waals surface area (Å²) in [6.07, 6.45) is -6.85. The standard InChI is InChI=1S/C29H23F5N4O5/c1-15(17-7-10-21-23(13-17)43-29(33,34)42-21)36-24-14-18(11-12-35-24)38-25-20(26(37-38)28(30,31)32)3-2-4-22(25)41-19-8-5-16(6-9-19)27(39)40/h5-15,22H,2-4H2,1H3,(H,35,36)(H,39,40)/t15-,22-/m0/s1. The summed E-state index contributed by atoms with van der Waals surface area (Å²) in [5.41, 5.74) is 0.175. The SMILES string of the molecule is C[C@H](Nc1cc(-n2nc(C(F)(F)F)c3c2[C@@H](Oc2ccc(C(=O)O)cc2)CCC3)ccn1)c1ccc2c(c1)OC(F)(F)O2. The van der Waals surface area contributed by atoms with Crippen LogP contribution in [-0.4, -0.2) is 32.1 Å². The molecule has 0 fully saturated rings. The molecule has 3 heterocycles. The summed E-state index contributed by atoms with van der Waals surface area (Å²) in [6.45, 7) is 1.75. The molecule has 43 heavy (non-hydrogen) atoms. The van der Waals surface area contributed by atoms with Gasteiger partial charge in [0, 0.05) is 17.8 Å². The highest BCUT2D eigenvalue weighted by Crippen LogP contribution is 2.43. The number of rotatable bonds is 7. The van der Waals surface area contributed by atoms with Crippen LogP contribution in [0.15, 0.2) is 60.8 Å². The molecule has 0 unspecified atom stereocenters. The molecule has 14 heteroatoms. The van der Waals surface area contributed by atoms with E-state index in [2.05, 4.69) is 24.9 Å². The van der Waals surface area contributed by atoms with Gasteiger partial charge in [0.1, 0.15) is 17.7 Å². The predicted molar refractivity (Wildman–Crippen MR) is 141 cm³/mol. The lowest BCUT2D eigenvalue weighted by atomic mass is 9.93. The number of carbonyl (C=O) groups is 1. The van der Waals surface area contributed by atoms with Crippen LogP contribution in [0.5, 0.6) is 17.2 Å². The minimum absolute atomic E-state index is 0.0303. The minimum atomic E-state index is -4.71. The Morgan fingerprint density at radius 3 is 2.58 bits per heavy atom. The molecule has 0 saturated heterocycles. The molecule has 2 N–H and O–H groups in total. The number of halogens is 5. The van der Waals surface area contributed by atoms with E-state index in [0.717, 1.165) is 0 Å². The van der Waals surface area contributed by atoms with Crippen LogP contribution in [0.4, 0.5) is 27.8 Å². The van der Waals surface area contributed by atoms with Crippen molar-refractivity contribution in [2.75, 3.05) is 5.32 Å². The van der Waals surface area contributed by atoms with Crippen LogP contribution < -0.4 is 19.5 Å². The van der Waals surface area contributed by atoms with Gasteiger partial charge in [-0.25, -0.2) is 14.5 Å². The molecule has 9 nitrogen and oxygen atoms in total. The number of hydrogen-bond acceptors (Lipinski definition) is 7. The van der Waals surface area contributed by atoms with Gasteiger partial charge in [-0.05, 0) is 74.2 Å². The maximum absolute atomic E-state index is 14.1. The average molecular weight is 603 g/mol. The average Bonchev–Trinajstić information content (AvgIpc) is 3.50. The van der Waals surface area contributed by atoms with Gasteiger partial charge in [0.05, 0.1) is 23.0 Å². The van der Waals surface area contributed by atoms with Crippen molar-refractivity contribution in [3.8, 4) is 22.9 Å². The van der Waals surface area contributed by atoms with Gasteiger partial charge in [-0.3, -0.25) is 0 Å². The van der Waals surface area contributed by atoms with E-state index in [0.29, 0.717) is 35.7 Å². The number of pyridine rings is 1. The summed E-state index contributed by atoms with van der Waals surface area (Å²) >= 11 is 0. The number of nitrogens with one attached hydrogen (secondary N) is 1.